The molecule has 7 heteroatoms. The number of aromatic nitrogens is 1. The normalized spacial score (nSPS) is 14.2. The van der Waals surface area contributed by atoms with Crippen molar-refractivity contribution in [2.75, 3.05) is 13.6 Å². The number of hydrazone groups is 1. The van der Waals surface area contributed by atoms with Gasteiger partial charge in [0.1, 0.15) is 0 Å². The summed E-state index contributed by atoms with van der Waals surface area (Å²) in [5.74, 6) is 6.53. The van der Waals surface area contributed by atoms with Crippen molar-refractivity contribution in [3.63, 3.8) is 0 Å². The van der Waals surface area contributed by atoms with Crippen LogP contribution in [-0.2, 0) is 11.3 Å². The molecule has 0 bridgehead atoms. The number of carbonyl (C=O) groups is 1. The predicted octanol–water partition coefficient (Wildman–Crippen LogP) is 4.05. The maximum atomic E-state index is 12.0. The maximum Gasteiger partial charge on any atom is 0.214 e. The molecule has 0 spiro atoms. The number of nitrogens with two attached hydrogens (primary N) is 2. The lowest BCUT2D eigenvalue weighted by molar-refractivity contribution is -0.117. The number of pyridine rings is 1. The van der Waals surface area contributed by atoms with Crippen molar-refractivity contribution in [2.45, 2.75) is 52.0 Å². The summed E-state index contributed by atoms with van der Waals surface area (Å²) in [6, 6.07) is 11.6. The maximum absolute atomic E-state index is 12.0. The molecule has 7 nitrogen and oxygen atoms in total. The molecular weight excluding hydrogens is 412 g/mol. The Labute approximate surface area is 197 Å². The third kappa shape index (κ3) is 7.07. The van der Waals surface area contributed by atoms with Gasteiger partial charge in [-0.15, -0.1) is 0 Å². The van der Waals surface area contributed by atoms with Crippen molar-refractivity contribution >= 4 is 12.2 Å². The number of carbonyl (C=O) groups excluding carboxylic acids is 1. The highest BCUT2D eigenvalue weighted by Gasteiger charge is 2.21. The minimum Gasteiger partial charge on any atom is -0.382 e. The average Bonchev–Trinajstić information content (AvgIpc) is 3.68. The van der Waals surface area contributed by atoms with Crippen molar-refractivity contribution < 1.29 is 4.79 Å². The van der Waals surface area contributed by atoms with E-state index < -0.39 is 0 Å². The monoisotopic (exact) mass is 448 g/mol. The first kappa shape index (κ1) is 24.3. The summed E-state index contributed by atoms with van der Waals surface area (Å²) < 4.78 is 0. The van der Waals surface area contributed by atoms with Crippen LogP contribution >= 0.6 is 0 Å². The van der Waals surface area contributed by atoms with Crippen LogP contribution in [0.5, 0.6) is 0 Å². The zero-order valence-electron chi connectivity index (χ0n) is 19.8. The topological polar surface area (TPSA) is 101 Å². The Morgan fingerprint density at radius 2 is 2.03 bits per heavy atom. The fourth-order valence-corrected chi connectivity index (χ4v) is 3.83. The molecule has 0 radical (unpaired) electrons. The number of amides is 1. The molecule has 1 saturated carbocycles. The largest absolute Gasteiger partial charge is 0.382 e. The predicted molar refractivity (Wildman–Crippen MR) is 134 cm³/mol. The van der Waals surface area contributed by atoms with Crippen LogP contribution in [0.4, 0.5) is 0 Å². The van der Waals surface area contributed by atoms with Gasteiger partial charge in [0.25, 0.3) is 0 Å². The number of unbranched alkanes of at least 4 members (excludes halogenated alkanes) is 1. The summed E-state index contributed by atoms with van der Waals surface area (Å²) in [7, 11) is 2.10. The second kappa shape index (κ2) is 12.0. The van der Waals surface area contributed by atoms with E-state index in [4.69, 9.17) is 11.6 Å². The summed E-state index contributed by atoms with van der Waals surface area (Å²) in [4.78, 5) is 20.7. The SMILES string of the molecule is CCCC/C(=C/N(C)CCC1CC1)N(C=O)Cc1ccc(-c2ccccc2/C(N)=N/N)nc1. The third-order valence-corrected chi connectivity index (χ3v) is 6.03. The lowest BCUT2D eigenvalue weighted by atomic mass is 10.0. The van der Waals surface area contributed by atoms with Crippen LogP contribution in [0.1, 0.15) is 56.6 Å². The molecule has 0 unspecified atom stereocenters. The zero-order valence-corrected chi connectivity index (χ0v) is 19.8. The number of allylic oxidation sites excluding steroid dienone is 1. The highest BCUT2D eigenvalue weighted by Crippen LogP contribution is 2.32. The molecule has 0 saturated heterocycles. The lowest BCUT2D eigenvalue weighted by Crippen LogP contribution is -2.24. The Balaban J connectivity index is 1.74. The molecule has 1 fully saturated rings. The van der Waals surface area contributed by atoms with E-state index in [1.165, 1.54) is 19.3 Å². The van der Waals surface area contributed by atoms with Crippen LogP contribution in [-0.4, -0.2) is 40.6 Å². The lowest BCUT2D eigenvalue weighted by Gasteiger charge is -2.24. The van der Waals surface area contributed by atoms with E-state index in [0.717, 1.165) is 66.2 Å². The van der Waals surface area contributed by atoms with Gasteiger partial charge in [0.2, 0.25) is 6.41 Å². The smallest absolute Gasteiger partial charge is 0.214 e. The van der Waals surface area contributed by atoms with Crippen LogP contribution in [0.25, 0.3) is 11.3 Å². The van der Waals surface area contributed by atoms with Crippen LogP contribution in [0.2, 0.25) is 0 Å². The van der Waals surface area contributed by atoms with Crippen molar-refractivity contribution in [3.8, 4) is 11.3 Å². The van der Waals surface area contributed by atoms with Crippen molar-refractivity contribution in [1.29, 1.82) is 0 Å². The van der Waals surface area contributed by atoms with Gasteiger partial charge in [-0.2, -0.15) is 5.10 Å². The fourth-order valence-electron chi connectivity index (χ4n) is 3.83. The van der Waals surface area contributed by atoms with Gasteiger partial charge < -0.3 is 21.4 Å². The van der Waals surface area contributed by atoms with Gasteiger partial charge in [0, 0.05) is 42.8 Å². The van der Waals surface area contributed by atoms with E-state index >= 15 is 0 Å². The van der Waals surface area contributed by atoms with Crippen molar-refractivity contribution in [1.82, 2.24) is 14.8 Å². The van der Waals surface area contributed by atoms with Gasteiger partial charge in [-0.3, -0.25) is 9.78 Å². The van der Waals surface area contributed by atoms with Gasteiger partial charge in [0.15, 0.2) is 5.84 Å². The molecule has 0 aliphatic heterocycles. The fraction of sp³-hybridized carbons (Fsp3) is 0.423. The number of amidine groups is 1. The Hall–Kier alpha value is -3.35. The average molecular weight is 449 g/mol. The summed E-state index contributed by atoms with van der Waals surface area (Å²) in [6.45, 7) is 3.68. The molecule has 1 amide bonds. The number of benzene rings is 1. The van der Waals surface area contributed by atoms with Gasteiger partial charge >= 0.3 is 0 Å². The zero-order chi connectivity index (χ0) is 23.6. The molecule has 1 aromatic heterocycles. The van der Waals surface area contributed by atoms with E-state index in [1.807, 2.05) is 42.6 Å². The van der Waals surface area contributed by atoms with Crippen LogP contribution in [0.3, 0.4) is 0 Å². The number of rotatable bonds is 13. The van der Waals surface area contributed by atoms with Gasteiger partial charge in [0.05, 0.1) is 12.2 Å². The summed E-state index contributed by atoms with van der Waals surface area (Å²) in [6.07, 6.45) is 11.8. The molecular formula is C26H36N6O. The third-order valence-electron chi connectivity index (χ3n) is 6.03. The van der Waals surface area contributed by atoms with Crippen LogP contribution < -0.4 is 11.6 Å². The second-order valence-electron chi connectivity index (χ2n) is 8.78. The molecule has 3 rings (SSSR count). The van der Waals surface area contributed by atoms with Crippen LogP contribution in [0.15, 0.2) is 59.6 Å². The first-order valence-corrected chi connectivity index (χ1v) is 11.8. The molecule has 0 atom stereocenters. The summed E-state index contributed by atoms with van der Waals surface area (Å²) >= 11 is 0. The minimum atomic E-state index is 0.264. The number of nitrogens with zero attached hydrogens (tertiary/aromatic N) is 4. The Bertz CT molecular complexity index is 965. The number of hydrogen-bond donors (Lipinski definition) is 2. The minimum absolute atomic E-state index is 0.264. The highest BCUT2D eigenvalue weighted by molar-refractivity contribution is 6.02. The molecule has 2 aromatic rings. The van der Waals surface area contributed by atoms with Gasteiger partial charge in [-0.25, -0.2) is 0 Å². The molecule has 1 heterocycles. The molecule has 4 N–H and O–H groups in total. The molecule has 1 aliphatic carbocycles. The summed E-state index contributed by atoms with van der Waals surface area (Å²) in [5.41, 5.74) is 10.3. The Morgan fingerprint density at radius 1 is 1.24 bits per heavy atom. The number of hydrogen-bond acceptors (Lipinski definition) is 5. The second-order valence-corrected chi connectivity index (χ2v) is 8.78. The first-order valence-electron chi connectivity index (χ1n) is 11.8. The van der Waals surface area contributed by atoms with Gasteiger partial charge in [-0.1, -0.05) is 56.5 Å². The van der Waals surface area contributed by atoms with E-state index in [0.29, 0.717) is 6.54 Å². The molecule has 176 valence electrons. The molecule has 1 aromatic carbocycles. The Morgan fingerprint density at radius 3 is 2.67 bits per heavy atom. The quantitative estimate of drug-likeness (QED) is 0.158. The van der Waals surface area contributed by atoms with Gasteiger partial charge in [-0.05, 0) is 36.8 Å². The first-order chi connectivity index (χ1) is 16.0. The molecule has 1 aliphatic rings. The van der Waals surface area contributed by atoms with E-state index in [2.05, 4.69) is 35.2 Å². The van der Waals surface area contributed by atoms with Crippen molar-refractivity contribution in [2.24, 2.45) is 22.6 Å². The Kier molecular flexibility index (Phi) is 8.87. The van der Waals surface area contributed by atoms with Crippen LogP contribution in [0, 0.1) is 5.92 Å². The molecule has 33 heavy (non-hydrogen) atoms. The standard InChI is InChI=1S/C26H36N6O/c1-3-4-7-22(18-31(2)15-14-20-10-11-20)32(19-33)17-21-12-13-25(29-16-21)23-8-5-6-9-24(23)26(27)30-28/h5-6,8-9,12-13,16,18-20H,3-4,7,10-11,14-15,17,28H2,1-2H3,(H2,27,30)/b22-18-. The van der Waals surface area contributed by atoms with E-state index in [1.54, 1.807) is 4.90 Å². The highest BCUT2D eigenvalue weighted by atomic mass is 16.1. The van der Waals surface area contributed by atoms with E-state index in [9.17, 15) is 4.79 Å². The van der Waals surface area contributed by atoms with Crippen molar-refractivity contribution in [3.05, 3.63) is 65.6 Å². The summed E-state index contributed by atoms with van der Waals surface area (Å²) in [5, 5.41) is 3.62. The van der Waals surface area contributed by atoms with E-state index in [-0.39, 0.29) is 5.84 Å².